The van der Waals surface area contributed by atoms with E-state index in [-0.39, 0.29) is 17.4 Å². The molecule has 27 heavy (non-hydrogen) atoms. The van der Waals surface area contributed by atoms with Gasteiger partial charge in [0, 0.05) is 25.8 Å². The van der Waals surface area contributed by atoms with Crippen LogP contribution in [0.3, 0.4) is 0 Å². The molecule has 2 aromatic rings. The standard InChI is InChI=1S/C20H25NO5S/c1-4-27(23,24)26-19-7-5-6-17(14-19)15-21(12-13-25-3)20(22)18-10-8-16(2)9-11-18/h5-11,14H,4,12-13,15H2,1-3H3. The van der Waals surface area contributed by atoms with Gasteiger partial charge in [0.1, 0.15) is 5.75 Å². The van der Waals surface area contributed by atoms with Crippen LogP contribution in [0, 0.1) is 6.92 Å². The summed E-state index contributed by atoms with van der Waals surface area (Å²) in [5, 5.41) is 0. The van der Waals surface area contributed by atoms with Crippen LogP contribution in [0.1, 0.15) is 28.4 Å². The van der Waals surface area contributed by atoms with Gasteiger partial charge in [-0.2, -0.15) is 8.42 Å². The molecule has 0 spiro atoms. The number of aryl methyl sites for hydroxylation is 1. The van der Waals surface area contributed by atoms with Gasteiger partial charge < -0.3 is 13.8 Å². The summed E-state index contributed by atoms with van der Waals surface area (Å²) in [6.07, 6.45) is 0. The van der Waals surface area contributed by atoms with E-state index < -0.39 is 10.1 Å². The molecule has 1 amide bonds. The molecule has 0 fully saturated rings. The van der Waals surface area contributed by atoms with Crippen molar-refractivity contribution in [3.63, 3.8) is 0 Å². The number of hydrogen-bond acceptors (Lipinski definition) is 5. The lowest BCUT2D eigenvalue weighted by molar-refractivity contribution is 0.0680. The Balaban J connectivity index is 2.20. The Hall–Kier alpha value is -2.38. The molecule has 2 rings (SSSR count). The van der Waals surface area contributed by atoms with Crippen LogP contribution in [0.15, 0.2) is 48.5 Å². The molecular formula is C20H25NO5S. The number of methoxy groups -OCH3 is 1. The predicted octanol–water partition coefficient (Wildman–Crippen LogP) is 3.01. The fraction of sp³-hybridized carbons (Fsp3) is 0.350. The van der Waals surface area contributed by atoms with Crippen molar-refractivity contribution in [3.8, 4) is 5.75 Å². The molecule has 0 saturated carbocycles. The molecule has 0 saturated heterocycles. The third kappa shape index (κ3) is 6.37. The Labute approximate surface area is 160 Å². The molecule has 7 heteroatoms. The van der Waals surface area contributed by atoms with E-state index in [0.29, 0.717) is 25.3 Å². The molecule has 146 valence electrons. The lowest BCUT2D eigenvalue weighted by Crippen LogP contribution is -2.33. The Morgan fingerprint density at radius 3 is 2.44 bits per heavy atom. The summed E-state index contributed by atoms with van der Waals surface area (Å²) in [4.78, 5) is 14.5. The quantitative estimate of drug-likeness (QED) is 0.615. The molecule has 6 nitrogen and oxygen atoms in total. The van der Waals surface area contributed by atoms with Crippen molar-refractivity contribution in [1.82, 2.24) is 4.90 Å². The maximum atomic E-state index is 12.9. The predicted molar refractivity (Wildman–Crippen MR) is 104 cm³/mol. The van der Waals surface area contributed by atoms with Crippen LogP contribution < -0.4 is 4.18 Å². The average molecular weight is 391 g/mol. The van der Waals surface area contributed by atoms with Crippen molar-refractivity contribution in [3.05, 3.63) is 65.2 Å². The van der Waals surface area contributed by atoms with Crippen molar-refractivity contribution in [1.29, 1.82) is 0 Å². The second-order valence-electron chi connectivity index (χ2n) is 6.16. The van der Waals surface area contributed by atoms with Crippen LogP contribution in [0.2, 0.25) is 0 Å². The van der Waals surface area contributed by atoms with E-state index in [2.05, 4.69) is 0 Å². The summed E-state index contributed by atoms with van der Waals surface area (Å²) in [7, 11) is -2.01. The van der Waals surface area contributed by atoms with Gasteiger partial charge in [-0.3, -0.25) is 4.79 Å². The summed E-state index contributed by atoms with van der Waals surface area (Å²) < 4.78 is 33.5. The molecule has 2 aromatic carbocycles. The van der Waals surface area contributed by atoms with Crippen molar-refractivity contribution < 1.29 is 22.1 Å². The molecule has 0 aromatic heterocycles. The lowest BCUT2D eigenvalue weighted by atomic mass is 10.1. The van der Waals surface area contributed by atoms with Gasteiger partial charge in [0.25, 0.3) is 5.91 Å². The van der Waals surface area contributed by atoms with Crippen molar-refractivity contribution in [2.24, 2.45) is 0 Å². The number of nitrogens with zero attached hydrogens (tertiary/aromatic N) is 1. The van der Waals surface area contributed by atoms with Gasteiger partial charge in [-0.15, -0.1) is 0 Å². The van der Waals surface area contributed by atoms with Gasteiger partial charge in [0.2, 0.25) is 0 Å². The van der Waals surface area contributed by atoms with Crippen LogP contribution in [-0.4, -0.2) is 45.2 Å². The third-order valence-corrected chi connectivity index (χ3v) is 5.15. The number of benzene rings is 2. The van der Waals surface area contributed by atoms with Crippen molar-refractivity contribution >= 4 is 16.0 Å². The first-order valence-corrected chi connectivity index (χ1v) is 10.3. The molecule has 0 aliphatic heterocycles. The maximum absolute atomic E-state index is 12.9. The van der Waals surface area contributed by atoms with Crippen LogP contribution in [0.5, 0.6) is 5.75 Å². The first-order chi connectivity index (χ1) is 12.8. The number of carbonyl (C=O) groups is 1. The fourth-order valence-corrected chi connectivity index (χ4v) is 2.97. The minimum atomic E-state index is -3.60. The smallest absolute Gasteiger partial charge is 0.308 e. The molecule has 0 unspecified atom stereocenters. The van der Waals surface area contributed by atoms with E-state index in [1.807, 2.05) is 25.1 Å². The number of ether oxygens (including phenoxy) is 1. The number of hydrogen-bond donors (Lipinski definition) is 0. The second-order valence-corrected chi connectivity index (χ2v) is 8.02. The Kier molecular flexibility index (Phi) is 7.38. The van der Waals surface area contributed by atoms with Crippen LogP contribution in [0.25, 0.3) is 0 Å². The van der Waals surface area contributed by atoms with Gasteiger partial charge in [-0.05, 0) is 43.7 Å². The highest BCUT2D eigenvalue weighted by Crippen LogP contribution is 2.18. The van der Waals surface area contributed by atoms with Gasteiger partial charge in [0.05, 0.1) is 12.4 Å². The van der Waals surface area contributed by atoms with Crippen molar-refractivity contribution in [2.75, 3.05) is 26.0 Å². The van der Waals surface area contributed by atoms with Crippen LogP contribution in [-0.2, 0) is 21.4 Å². The van der Waals surface area contributed by atoms with Gasteiger partial charge in [0.15, 0.2) is 0 Å². The topological polar surface area (TPSA) is 72.9 Å². The molecule has 0 N–H and O–H groups in total. The van der Waals surface area contributed by atoms with E-state index in [1.54, 1.807) is 42.3 Å². The zero-order valence-corrected chi connectivity index (χ0v) is 16.7. The summed E-state index contributed by atoms with van der Waals surface area (Å²) in [6.45, 7) is 4.62. The normalized spacial score (nSPS) is 11.2. The first kappa shape index (κ1) is 20.9. The van der Waals surface area contributed by atoms with E-state index in [9.17, 15) is 13.2 Å². The fourth-order valence-electron chi connectivity index (χ4n) is 2.45. The summed E-state index contributed by atoms with van der Waals surface area (Å²) in [5.41, 5.74) is 2.45. The Bertz CT molecular complexity index is 862. The SMILES string of the molecule is CCS(=O)(=O)Oc1cccc(CN(CCOC)C(=O)c2ccc(C)cc2)c1. The molecule has 0 atom stereocenters. The van der Waals surface area contributed by atoms with E-state index in [1.165, 1.54) is 6.92 Å². The summed E-state index contributed by atoms with van der Waals surface area (Å²) in [6, 6.07) is 14.1. The minimum Gasteiger partial charge on any atom is -0.383 e. The summed E-state index contributed by atoms with van der Waals surface area (Å²) in [5.74, 6) is 0.0201. The van der Waals surface area contributed by atoms with Crippen molar-refractivity contribution in [2.45, 2.75) is 20.4 Å². The molecular weight excluding hydrogens is 366 g/mol. The van der Waals surface area contributed by atoms with E-state index >= 15 is 0 Å². The Morgan fingerprint density at radius 1 is 1.11 bits per heavy atom. The van der Waals surface area contributed by atoms with E-state index in [0.717, 1.165) is 11.1 Å². The Morgan fingerprint density at radius 2 is 1.81 bits per heavy atom. The monoisotopic (exact) mass is 391 g/mol. The highest BCUT2D eigenvalue weighted by atomic mass is 32.2. The highest BCUT2D eigenvalue weighted by Gasteiger charge is 2.17. The van der Waals surface area contributed by atoms with Gasteiger partial charge >= 0.3 is 10.1 Å². The largest absolute Gasteiger partial charge is 0.383 e. The lowest BCUT2D eigenvalue weighted by Gasteiger charge is -2.23. The zero-order chi connectivity index (χ0) is 19.9. The maximum Gasteiger partial charge on any atom is 0.308 e. The average Bonchev–Trinajstić information content (AvgIpc) is 2.65. The second kappa shape index (κ2) is 9.53. The molecule has 0 aliphatic rings. The van der Waals surface area contributed by atoms with Crippen LogP contribution in [0.4, 0.5) is 0 Å². The molecule has 0 heterocycles. The molecule has 0 aliphatic carbocycles. The van der Waals surface area contributed by atoms with Crippen LogP contribution >= 0.6 is 0 Å². The first-order valence-electron chi connectivity index (χ1n) is 8.70. The van der Waals surface area contributed by atoms with E-state index in [4.69, 9.17) is 8.92 Å². The molecule has 0 radical (unpaired) electrons. The van der Waals surface area contributed by atoms with Gasteiger partial charge in [-0.1, -0.05) is 29.8 Å². The third-order valence-electron chi connectivity index (χ3n) is 4.00. The summed E-state index contributed by atoms with van der Waals surface area (Å²) >= 11 is 0. The number of rotatable bonds is 9. The number of amides is 1. The molecule has 0 bridgehead atoms. The zero-order valence-electron chi connectivity index (χ0n) is 15.8. The number of carbonyl (C=O) groups excluding carboxylic acids is 1. The highest BCUT2D eigenvalue weighted by molar-refractivity contribution is 7.87. The van der Waals surface area contributed by atoms with Gasteiger partial charge in [-0.25, -0.2) is 0 Å². The minimum absolute atomic E-state index is 0.108.